The van der Waals surface area contributed by atoms with Crippen molar-refractivity contribution < 1.29 is 9.59 Å². The van der Waals surface area contributed by atoms with Gasteiger partial charge < -0.3 is 10.6 Å². The SMILES string of the molecule is CCc1ccc(NC(=O)C(=O)Nc2ncccc2C)cc1. The minimum atomic E-state index is -0.739. The monoisotopic (exact) mass is 283 g/mol. The molecule has 0 aliphatic heterocycles. The van der Waals surface area contributed by atoms with Crippen molar-refractivity contribution in [2.24, 2.45) is 0 Å². The number of anilines is 2. The molecular weight excluding hydrogens is 266 g/mol. The van der Waals surface area contributed by atoms with Crippen LogP contribution in [-0.4, -0.2) is 16.8 Å². The molecule has 2 amide bonds. The minimum absolute atomic E-state index is 0.388. The fourth-order valence-corrected chi connectivity index (χ4v) is 1.79. The van der Waals surface area contributed by atoms with Crippen molar-refractivity contribution in [2.45, 2.75) is 20.3 Å². The van der Waals surface area contributed by atoms with Crippen molar-refractivity contribution in [3.05, 3.63) is 53.7 Å². The van der Waals surface area contributed by atoms with Gasteiger partial charge >= 0.3 is 11.8 Å². The quantitative estimate of drug-likeness (QED) is 0.850. The summed E-state index contributed by atoms with van der Waals surface area (Å²) in [7, 11) is 0. The zero-order valence-corrected chi connectivity index (χ0v) is 12.0. The highest BCUT2D eigenvalue weighted by molar-refractivity contribution is 6.43. The van der Waals surface area contributed by atoms with Crippen molar-refractivity contribution in [1.82, 2.24) is 4.98 Å². The lowest BCUT2D eigenvalue weighted by atomic mass is 10.1. The third kappa shape index (κ3) is 3.89. The molecule has 1 aromatic heterocycles. The van der Waals surface area contributed by atoms with Gasteiger partial charge in [0.15, 0.2) is 0 Å². The van der Waals surface area contributed by atoms with Gasteiger partial charge in [0.2, 0.25) is 0 Å². The molecule has 0 fully saturated rings. The molecule has 108 valence electrons. The lowest BCUT2D eigenvalue weighted by molar-refractivity contribution is -0.133. The smallest absolute Gasteiger partial charge is 0.315 e. The average Bonchev–Trinajstić information content (AvgIpc) is 2.50. The largest absolute Gasteiger partial charge is 0.318 e. The Labute approximate surface area is 123 Å². The van der Waals surface area contributed by atoms with Crippen molar-refractivity contribution in [3.8, 4) is 0 Å². The van der Waals surface area contributed by atoms with Crippen molar-refractivity contribution in [3.63, 3.8) is 0 Å². The highest BCUT2D eigenvalue weighted by Crippen LogP contribution is 2.11. The number of benzene rings is 1. The number of hydrogen-bond acceptors (Lipinski definition) is 3. The van der Waals surface area contributed by atoms with Crippen LogP contribution in [0, 0.1) is 6.92 Å². The molecule has 2 N–H and O–H groups in total. The van der Waals surface area contributed by atoms with Crippen LogP contribution in [0.5, 0.6) is 0 Å². The summed E-state index contributed by atoms with van der Waals surface area (Å²) in [5.74, 6) is -1.07. The molecule has 0 radical (unpaired) electrons. The number of pyridine rings is 1. The Bertz CT molecular complexity index is 651. The van der Waals surface area contributed by atoms with Crippen molar-refractivity contribution in [2.75, 3.05) is 10.6 Å². The Balaban J connectivity index is 1.99. The molecule has 0 saturated heterocycles. The second-order valence-corrected chi connectivity index (χ2v) is 4.63. The van der Waals surface area contributed by atoms with E-state index in [1.54, 1.807) is 24.4 Å². The zero-order chi connectivity index (χ0) is 15.2. The molecule has 2 aromatic rings. The van der Waals surface area contributed by atoms with E-state index < -0.39 is 11.8 Å². The number of amides is 2. The molecule has 0 atom stereocenters. The summed E-state index contributed by atoms with van der Waals surface area (Å²) in [5, 5.41) is 5.04. The number of nitrogens with one attached hydrogen (secondary N) is 2. The maximum absolute atomic E-state index is 11.8. The van der Waals surface area contributed by atoms with Gasteiger partial charge in [0.05, 0.1) is 0 Å². The Morgan fingerprint density at radius 2 is 1.71 bits per heavy atom. The molecule has 5 heteroatoms. The predicted octanol–water partition coefficient (Wildman–Crippen LogP) is 2.53. The number of aromatic nitrogens is 1. The van der Waals surface area contributed by atoms with Gasteiger partial charge in [-0.25, -0.2) is 4.98 Å². The molecule has 1 aromatic carbocycles. The Hall–Kier alpha value is -2.69. The number of nitrogens with zero attached hydrogens (tertiary/aromatic N) is 1. The Morgan fingerprint density at radius 3 is 2.33 bits per heavy atom. The number of rotatable bonds is 3. The third-order valence-electron chi connectivity index (χ3n) is 3.07. The van der Waals surface area contributed by atoms with E-state index in [-0.39, 0.29) is 0 Å². The second kappa shape index (κ2) is 6.65. The van der Waals surface area contributed by atoms with Crippen LogP contribution in [0.3, 0.4) is 0 Å². The predicted molar refractivity (Wildman–Crippen MR) is 82.1 cm³/mol. The van der Waals surface area contributed by atoms with E-state index in [9.17, 15) is 9.59 Å². The minimum Gasteiger partial charge on any atom is -0.318 e. The summed E-state index contributed by atoms with van der Waals surface area (Å²) < 4.78 is 0. The number of hydrogen-bond donors (Lipinski definition) is 2. The van der Waals surface area contributed by atoms with Crippen molar-refractivity contribution >= 4 is 23.3 Å². The molecule has 0 aliphatic carbocycles. The number of carbonyl (C=O) groups excluding carboxylic acids is 2. The molecule has 2 rings (SSSR count). The topological polar surface area (TPSA) is 71.1 Å². The van der Waals surface area contributed by atoms with E-state index >= 15 is 0 Å². The zero-order valence-electron chi connectivity index (χ0n) is 12.0. The maximum atomic E-state index is 11.8. The Morgan fingerprint density at radius 1 is 1.05 bits per heavy atom. The van der Waals surface area contributed by atoms with Crippen molar-refractivity contribution in [1.29, 1.82) is 0 Å². The Kier molecular flexibility index (Phi) is 4.66. The highest BCUT2D eigenvalue weighted by Gasteiger charge is 2.15. The van der Waals surface area contributed by atoms with Crippen LogP contribution in [-0.2, 0) is 16.0 Å². The van der Waals surface area contributed by atoms with Crippen LogP contribution in [0.15, 0.2) is 42.6 Å². The first-order chi connectivity index (χ1) is 10.1. The fraction of sp³-hybridized carbons (Fsp3) is 0.188. The summed E-state index contributed by atoms with van der Waals surface area (Å²) in [6.45, 7) is 3.86. The van der Waals surface area contributed by atoms with Gasteiger partial charge in [-0.05, 0) is 42.7 Å². The second-order valence-electron chi connectivity index (χ2n) is 4.63. The van der Waals surface area contributed by atoms with Crippen LogP contribution in [0.1, 0.15) is 18.1 Å². The van der Waals surface area contributed by atoms with Gasteiger partial charge in [0.25, 0.3) is 0 Å². The normalized spacial score (nSPS) is 10.0. The summed E-state index contributed by atoms with van der Waals surface area (Å²) in [6, 6.07) is 10.9. The summed E-state index contributed by atoms with van der Waals surface area (Å²) in [6.07, 6.45) is 2.48. The summed E-state index contributed by atoms with van der Waals surface area (Å²) in [4.78, 5) is 27.7. The maximum Gasteiger partial charge on any atom is 0.315 e. The van der Waals surface area contributed by atoms with E-state index in [0.717, 1.165) is 12.0 Å². The molecular formula is C16H17N3O2. The lowest BCUT2D eigenvalue weighted by Crippen LogP contribution is -2.29. The number of carbonyl (C=O) groups is 2. The average molecular weight is 283 g/mol. The van der Waals surface area contributed by atoms with E-state index in [4.69, 9.17) is 0 Å². The van der Waals surface area contributed by atoms with Gasteiger partial charge in [-0.15, -0.1) is 0 Å². The molecule has 21 heavy (non-hydrogen) atoms. The van der Waals surface area contributed by atoms with Gasteiger partial charge in [0, 0.05) is 11.9 Å². The van der Waals surface area contributed by atoms with Gasteiger partial charge in [-0.2, -0.15) is 0 Å². The highest BCUT2D eigenvalue weighted by atomic mass is 16.2. The van der Waals surface area contributed by atoms with E-state index in [2.05, 4.69) is 22.5 Å². The van der Waals surface area contributed by atoms with E-state index in [0.29, 0.717) is 11.5 Å². The fourth-order valence-electron chi connectivity index (χ4n) is 1.79. The molecule has 0 spiro atoms. The molecule has 1 heterocycles. The standard InChI is InChI=1S/C16H17N3O2/c1-3-12-6-8-13(9-7-12)18-15(20)16(21)19-14-11(2)5-4-10-17-14/h4-10H,3H2,1-2H3,(H,18,20)(H,17,19,21). The van der Waals surface area contributed by atoms with E-state index in [1.165, 1.54) is 5.56 Å². The first-order valence-electron chi connectivity index (χ1n) is 6.73. The molecule has 5 nitrogen and oxygen atoms in total. The lowest BCUT2D eigenvalue weighted by Gasteiger charge is -2.08. The van der Waals surface area contributed by atoms with Crippen LogP contribution in [0.25, 0.3) is 0 Å². The van der Waals surface area contributed by atoms with Crippen LogP contribution >= 0.6 is 0 Å². The van der Waals surface area contributed by atoms with Crippen LogP contribution in [0.2, 0.25) is 0 Å². The summed E-state index contributed by atoms with van der Waals surface area (Å²) >= 11 is 0. The first kappa shape index (κ1) is 14.7. The summed E-state index contributed by atoms with van der Waals surface area (Å²) in [5.41, 5.74) is 2.55. The van der Waals surface area contributed by atoms with Crippen LogP contribution in [0.4, 0.5) is 11.5 Å². The molecule has 0 aliphatic rings. The molecule has 0 bridgehead atoms. The van der Waals surface area contributed by atoms with Crippen LogP contribution < -0.4 is 10.6 Å². The van der Waals surface area contributed by atoms with Gasteiger partial charge in [-0.3, -0.25) is 9.59 Å². The van der Waals surface area contributed by atoms with Gasteiger partial charge in [-0.1, -0.05) is 25.1 Å². The molecule has 0 saturated carbocycles. The molecule has 0 unspecified atom stereocenters. The first-order valence-corrected chi connectivity index (χ1v) is 6.73. The van der Waals surface area contributed by atoms with Gasteiger partial charge in [0.1, 0.15) is 5.82 Å². The van der Waals surface area contributed by atoms with E-state index in [1.807, 2.05) is 25.1 Å². The third-order valence-corrected chi connectivity index (χ3v) is 3.07. The number of aryl methyl sites for hydroxylation is 2.